The molecule has 1 aromatic rings. The number of carbonyl (C=O) groups is 2. The Labute approximate surface area is 147 Å². The summed E-state index contributed by atoms with van der Waals surface area (Å²) in [5, 5.41) is 2.77. The van der Waals surface area contributed by atoms with Crippen LogP contribution < -0.4 is 5.32 Å². The maximum atomic E-state index is 12.4. The third-order valence-electron chi connectivity index (χ3n) is 4.71. The van der Waals surface area contributed by atoms with Gasteiger partial charge in [-0.1, -0.05) is 0 Å². The molecule has 7 nitrogen and oxygen atoms in total. The van der Waals surface area contributed by atoms with Crippen molar-refractivity contribution in [1.82, 2.24) is 4.90 Å². The van der Waals surface area contributed by atoms with Crippen molar-refractivity contribution in [1.29, 1.82) is 0 Å². The standard InChI is InChI=1S/C17H22N2O5S/c1-25(22,23)15-4-2-13(3-5-15)18-17(21)12-10-16(20)19(11-12)14-6-8-24-9-7-14/h2-5,12,14H,6-11H2,1H3,(H,18,21). The molecule has 3 rings (SSSR count). The zero-order valence-corrected chi connectivity index (χ0v) is 14.9. The summed E-state index contributed by atoms with van der Waals surface area (Å²) in [5.74, 6) is -0.584. The van der Waals surface area contributed by atoms with Crippen LogP contribution in [0, 0.1) is 5.92 Å². The van der Waals surface area contributed by atoms with E-state index in [1.807, 2.05) is 0 Å². The lowest BCUT2D eigenvalue weighted by Gasteiger charge is -2.31. The molecule has 136 valence electrons. The molecule has 0 aliphatic carbocycles. The average molecular weight is 366 g/mol. The van der Waals surface area contributed by atoms with Gasteiger partial charge in [0.25, 0.3) is 0 Å². The number of nitrogens with zero attached hydrogens (tertiary/aromatic N) is 1. The topological polar surface area (TPSA) is 92.8 Å². The van der Waals surface area contributed by atoms with Crippen LogP contribution in [0.5, 0.6) is 0 Å². The molecule has 1 N–H and O–H groups in total. The van der Waals surface area contributed by atoms with Crippen LogP contribution in [0.2, 0.25) is 0 Å². The number of likely N-dealkylation sites (tertiary alicyclic amines) is 1. The van der Waals surface area contributed by atoms with Crippen LogP contribution in [0.25, 0.3) is 0 Å². The summed E-state index contributed by atoms with van der Waals surface area (Å²) < 4.78 is 28.2. The second kappa shape index (κ2) is 7.13. The van der Waals surface area contributed by atoms with E-state index in [-0.39, 0.29) is 35.1 Å². The molecule has 0 radical (unpaired) electrons. The van der Waals surface area contributed by atoms with Crippen molar-refractivity contribution in [3.63, 3.8) is 0 Å². The minimum Gasteiger partial charge on any atom is -0.381 e. The van der Waals surface area contributed by atoms with Crippen LogP contribution in [0.1, 0.15) is 19.3 Å². The summed E-state index contributed by atoms with van der Waals surface area (Å²) in [6, 6.07) is 6.19. The lowest BCUT2D eigenvalue weighted by Crippen LogP contribution is -2.41. The summed E-state index contributed by atoms with van der Waals surface area (Å²) in [6.07, 6.45) is 2.97. The minimum atomic E-state index is -3.26. The molecule has 2 aliphatic rings. The molecular formula is C17H22N2O5S. The fraction of sp³-hybridized carbons (Fsp3) is 0.529. The highest BCUT2D eigenvalue weighted by atomic mass is 32.2. The van der Waals surface area contributed by atoms with Crippen molar-refractivity contribution in [2.24, 2.45) is 5.92 Å². The van der Waals surface area contributed by atoms with Crippen LogP contribution in [-0.2, 0) is 24.2 Å². The first-order valence-electron chi connectivity index (χ1n) is 8.33. The SMILES string of the molecule is CS(=O)(=O)c1ccc(NC(=O)C2CC(=O)N(C3CCOCC3)C2)cc1. The van der Waals surface area contributed by atoms with Gasteiger partial charge in [0, 0.05) is 44.2 Å². The quantitative estimate of drug-likeness (QED) is 0.860. The molecule has 0 saturated carbocycles. The molecule has 1 atom stereocenters. The average Bonchev–Trinajstić information content (AvgIpc) is 2.97. The smallest absolute Gasteiger partial charge is 0.229 e. The van der Waals surface area contributed by atoms with Crippen LogP contribution >= 0.6 is 0 Å². The second-order valence-electron chi connectivity index (χ2n) is 6.58. The molecule has 2 saturated heterocycles. The summed E-state index contributed by atoms with van der Waals surface area (Å²) in [7, 11) is -3.26. The minimum absolute atomic E-state index is 0.0134. The highest BCUT2D eigenvalue weighted by Gasteiger charge is 2.38. The predicted molar refractivity (Wildman–Crippen MR) is 91.8 cm³/mol. The number of sulfone groups is 1. The zero-order chi connectivity index (χ0) is 18.0. The van der Waals surface area contributed by atoms with E-state index in [1.54, 1.807) is 17.0 Å². The van der Waals surface area contributed by atoms with Gasteiger partial charge < -0.3 is 15.0 Å². The Morgan fingerprint density at radius 1 is 1.20 bits per heavy atom. The number of hydrogen-bond donors (Lipinski definition) is 1. The van der Waals surface area contributed by atoms with Gasteiger partial charge in [-0.2, -0.15) is 0 Å². The second-order valence-corrected chi connectivity index (χ2v) is 8.59. The van der Waals surface area contributed by atoms with E-state index in [0.717, 1.165) is 19.1 Å². The van der Waals surface area contributed by atoms with Gasteiger partial charge >= 0.3 is 0 Å². The summed E-state index contributed by atoms with van der Waals surface area (Å²) >= 11 is 0. The molecule has 2 heterocycles. The van der Waals surface area contributed by atoms with Crippen molar-refractivity contribution in [2.45, 2.75) is 30.2 Å². The van der Waals surface area contributed by atoms with Crippen molar-refractivity contribution < 1.29 is 22.7 Å². The predicted octanol–water partition coefficient (Wildman–Crippen LogP) is 1.06. The molecule has 8 heteroatoms. The molecule has 1 unspecified atom stereocenters. The first-order chi connectivity index (χ1) is 11.8. The number of anilines is 1. The first-order valence-corrected chi connectivity index (χ1v) is 10.2. The summed E-state index contributed by atoms with van der Waals surface area (Å²) in [4.78, 5) is 26.7. The van der Waals surface area contributed by atoms with Gasteiger partial charge in [0.15, 0.2) is 9.84 Å². The zero-order valence-electron chi connectivity index (χ0n) is 14.1. The summed E-state index contributed by atoms with van der Waals surface area (Å²) in [6.45, 7) is 1.73. The number of ether oxygens (including phenoxy) is 1. The molecular weight excluding hydrogens is 344 g/mol. The Kier molecular flexibility index (Phi) is 5.10. The molecule has 0 spiro atoms. The van der Waals surface area contributed by atoms with Crippen molar-refractivity contribution in [3.8, 4) is 0 Å². The maximum absolute atomic E-state index is 12.4. The third-order valence-corrected chi connectivity index (χ3v) is 5.84. The molecule has 1 aromatic carbocycles. The van der Waals surface area contributed by atoms with Gasteiger partial charge in [-0.3, -0.25) is 9.59 Å². The van der Waals surface area contributed by atoms with Gasteiger partial charge in [0.2, 0.25) is 11.8 Å². The third kappa shape index (κ3) is 4.19. The number of amides is 2. The van der Waals surface area contributed by atoms with Gasteiger partial charge in [-0.15, -0.1) is 0 Å². The van der Waals surface area contributed by atoms with E-state index in [2.05, 4.69) is 5.32 Å². The monoisotopic (exact) mass is 366 g/mol. The van der Waals surface area contributed by atoms with E-state index in [1.165, 1.54) is 12.1 Å². The Hall–Kier alpha value is -1.93. The molecule has 2 fully saturated rings. The molecule has 25 heavy (non-hydrogen) atoms. The molecule has 0 bridgehead atoms. The first kappa shape index (κ1) is 17.9. The lowest BCUT2D eigenvalue weighted by atomic mass is 10.1. The van der Waals surface area contributed by atoms with Crippen LogP contribution in [0.15, 0.2) is 29.2 Å². The van der Waals surface area contributed by atoms with Gasteiger partial charge in [-0.25, -0.2) is 8.42 Å². The maximum Gasteiger partial charge on any atom is 0.229 e. The Morgan fingerprint density at radius 3 is 2.44 bits per heavy atom. The summed E-state index contributed by atoms with van der Waals surface area (Å²) in [5.41, 5.74) is 0.523. The van der Waals surface area contributed by atoms with Gasteiger partial charge in [-0.05, 0) is 37.1 Å². The largest absolute Gasteiger partial charge is 0.381 e. The Bertz CT molecular complexity index is 754. The number of hydrogen-bond acceptors (Lipinski definition) is 5. The normalized spacial score (nSPS) is 22.2. The Balaban J connectivity index is 1.61. The van der Waals surface area contributed by atoms with Crippen molar-refractivity contribution in [3.05, 3.63) is 24.3 Å². The highest BCUT2D eigenvalue weighted by molar-refractivity contribution is 7.90. The number of rotatable bonds is 4. The Morgan fingerprint density at radius 2 is 1.84 bits per heavy atom. The van der Waals surface area contributed by atoms with Crippen molar-refractivity contribution >= 4 is 27.3 Å². The van der Waals surface area contributed by atoms with Gasteiger partial charge in [0.1, 0.15) is 0 Å². The fourth-order valence-corrected chi connectivity index (χ4v) is 3.92. The van der Waals surface area contributed by atoms with Crippen LogP contribution in [-0.4, -0.2) is 57.2 Å². The molecule has 2 amide bonds. The van der Waals surface area contributed by atoms with E-state index < -0.39 is 9.84 Å². The van der Waals surface area contributed by atoms with Gasteiger partial charge in [0.05, 0.1) is 10.8 Å². The molecule has 0 aromatic heterocycles. The number of nitrogens with one attached hydrogen (secondary N) is 1. The molecule has 2 aliphatic heterocycles. The van der Waals surface area contributed by atoms with E-state index in [9.17, 15) is 18.0 Å². The van der Waals surface area contributed by atoms with E-state index >= 15 is 0 Å². The van der Waals surface area contributed by atoms with E-state index in [4.69, 9.17) is 4.74 Å². The number of benzene rings is 1. The highest BCUT2D eigenvalue weighted by Crippen LogP contribution is 2.26. The van der Waals surface area contributed by atoms with E-state index in [0.29, 0.717) is 25.4 Å². The lowest BCUT2D eigenvalue weighted by molar-refractivity contribution is -0.131. The van der Waals surface area contributed by atoms with Crippen LogP contribution in [0.4, 0.5) is 5.69 Å². The number of carbonyl (C=O) groups excluding carboxylic acids is 2. The van der Waals surface area contributed by atoms with Crippen molar-refractivity contribution in [2.75, 3.05) is 31.3 Å². The fourth-order valence-electron chi connectivity index (χ4n) is 3.29. The van der Waals surface area contributed by atoms with Crippen LogP contribution in [0.3, 0.4) is 0 Å².